The molecule has 1 aromatic heterocycles. The molecule has 0 atom stereocenters. The number of nitrogens with one attached hydrogen (secondary N) is 2. The number of benzene rings is 3. The first-order valence-corrected chi connectivity index (χ1v) is 12.6. The summed E-state index contributed by atoms with van der Waals surface area (Å²) in [5.74, 6) is 1.23. The van der Waals surface area contributed by atoms with Crippen molar-refractivity contribution in [3.63, 3.8) is 0 Å². The first-order chi connectivity index (χ1) is 18.0. The topological polar surface area (TPSA) is 73.4 Å². The molecule has 5 rings (SSSR count). The molecule has 4 aromatic rings. The number of hydrogen-bond donors (Lipinski definition) is 2. The summed E-state index contributed by atoms with van der Waals surface area (Å²) < 4.78 is 13.1. The fraction of sp³-hybridized carbons (Fsp3) is 0.276. The zero-order valence-electron chi connectivity index (χ0n) is 21.1. The minimum atomic E-state index is -0.333. The molecule has 0 spiro atoms. The van der Waals surface area contributed by atoms with Gasteiger partial charge in [0.15, 0.2) is 0 Å². The molecule has 0 saturated heterocycles. The molecule has 3 aromatic carbocycles. The van der Waals surface area contributed by atoms with E-state index in [-0.39, 0.29) is 23.9 Å². The summed E-state index contributed by atoms with van der Waals surface area (Å²) in [7, 11) is 4.00. The Kier molecular flexibility index (Phi) is 7.16. The van der Waals surface area contributed by atoms with Gasteiger partial charge in [0.1, 0.15) is 11.6 Å². The second kappa shape index (κ2) is 10.8. The number of urea groups is 1. The first-order valence-electron chi connectivity index (χ1n) is 12.6. The molecule has 7 nitrogen and oxygen atoms in total. The number of carbonyl (C=O) groups excluding carboxylic acids is 1. The number of amides is 2. The lowest BCUT2D eigenvalue weighted by molar-refractivity contribution is 0.242. The van der Waals surface area contributed by atoms with E-state index in [0.29, 0.717) is 11.6 Å². The molecule has 0 unspecified atom stereocenters. The van der Waals surface area contributed by atoms with Crippen LogP contribution in [0.4, 0.5) is 32.3 Å². The molecular weight excluding hydrogens is 467 g/mol. The highest BCUT2D eigenvalue weighted by atomic mass is 19.1. The largest absolute Gasteiger partial charge is 0.362 e. The Morgan fingerprint density at radius 2 is 1.54 bits per heavy atom. The fourth-order valence-corrected chi connectivity index (χ4v) is 4.94. The predicted octanol–water partition coefficient (Wildman–Crippen LogP) is 6.11. The highest BCUT2D eigenvalue weighted by molar-refractivity contribution is 5.91. The second-order valence-corrected chi connectivity index (χ2v) is 9.58. The monoisotopic (exact) mass is 498 g/mol. The van der Waals surface area contributed by atoms with Crippen molar-refractivity contribution in [3.8, 4) is 0 Å². The van der Waals surface area contributed by atoms with Crippen LogP contribution >= 0.6 is 0 Å². The van der Waals surface area contributed by atoms with E-state index in [9.17, 15) is 9.18 Å². The number of halogens is 1. The van der Waals surface area contributed by atoms with Crippen LogP contribution < -0.4 is 20.4 Å². The maximum Gasteiger partial charge on any atom is 0.319 e. The maximum atomic E-state index is 13.1. The molecule has 37 heavy (non-hydrogen) atoms. The van der Waals surface area contributed by atoms with Gasteiger partial charge in [-0.25, -0.2) is 14.2 Å². The van der Waals surface area contributed by atoms with Crippen molar-refractivity contribution >= 4 is 40.1 Å². The summed E-state index contributed by atoms with van der Waals surface area (Å²) in [4.78, 5) is 26.7. The molecule has 2 N–H and O–H groups in total. The van der Waals surface area contributed by atoms with Crippen LogP contribution in [0, 0.1) is 5.82 Å². The maximum absolute atomic E-state index is 13.1. The van der Waals surface area contributed by atoms with E-state index in [4.69, 9.17) is 9.97 Å². The standard InChI is InChI=1S/C29H31FN6O/c1-35(2)27-25-10-6-7-11-26(25)33-28(34-27)36(23-8-4-3-5-9-23)24-18-16-22(17-19-24)32-29(37)31-21-14-12-20(30)13-15-21/h3-15,22,24H,16-19H2,1-2H3,(H2,31,32,37)/t22-,24+. The lowest BCUT2D eigenvalue weighted by atomic mass is 9.90. The minimum absolute atomic E-state index is 0.0594. The van der Waals surface area contributed by atoms with Crippen LogP contribution in [-0.2, 0) is 0 Å². The molecule has 0 radical (unpaired) electrons. The van der Waals surface area contributed by atoms with Crippen LogP contribution in [0.25, 0.3) is 10.9 Å². The van der Waals surface area contributed by atoms with Gasteiger partial charge in [-0.15, -0.1) is 0 Å². The summed E-state index contributed by atoms with van der Waals surface area (Å²) in [6, 6.07) is 24.1. The third kappa shape index (κ3) is 5.63. The molecule has 1 fully saturated rings. The highest BCUT2D eigenvalue weighted by Gasteiger charge is 2.30. The minimum Gasteiger partial charge on any atom is -0.362 e. The predicted molar refractivity (Wildman–Crippen MR) is 147 cm³/mol. The summed E-state index contributed by atoms with van der Waals surface area (Å²) >= 11 is 0. The van der Waals surface area contributed by atoms with Gasteiger partial charge < -0.3 is 20.4 Å². The number of anilines is 4. The van der Waals surface area contributed by atoms with Gasteiger partial charge in [-0.3, -0.25) is 0 Å². The molecule has 1 saturated carbocycles. The Balaban J connectivity index is 1.34. The van der Waals surface area contributed by atoms with Crippen LogP contribution in [-0.4, -0.2) is 42.2 Å². The van der Waals surface area contributed by atoms with Crippen molar-refractivity contribution < 1.29 is 9.18 Å². The Morgan fingerprint density at radius 3 is 2.24 bits per heavy atom. The zero-order chi connectivity index (χ0) is 25.8. The van der Waals surface area contributed by atoms with E-state index in [1.807, 2.05) is 55.4 Å². The van der Waals surface area contributed by atoms with Gasteiger partial charge in [0, 0.05) is 42.9 Å². The van der Waals surface area contributed by atoms with Gasteiger partial charge in [-0.1, -0.05) is 30.3 Å². The number of para-hydroxylation sites is 2. The number of rotatable bonds is 6. The number of hydrogen-bond acceptors (Lipinski definition) is 5. The van der Waals surface area contributed by atoms with Crippen molar-refractivity contribution in [1.29, 1.82) is 0 Å². The van der Waals surface area contributed by atoms with E-state index in [1.54, 1.807) is 12.1 Å². The lowest BCUT2D eigenvalue weighted by Gasteiger charge is -2.37. The number of fused-ring (bicyclic) bond motifs is 1. The summed E-state index contributed by atoms with van der Waals surface area (Å²) in [5, 5.41) is 6.87. The van der Waals surface area contributed by atoms with E-state index in [1.165, 1.54) is 12.1 Å². The quantitative estimate of drug-likeness (QED) is 0.336. The third-order valence-corrected chi connectivity index (χ3v) is 6.74. The van der Waals surface area contributed by atoms with Gasteiger partial charge in [0.2, 0.25) is 5.95 Å². The molecule has 8 heteroatoms. The summed E-state index contributed by atoms with van der Waals surface area (Å²) in [5.41, 5.74) is 2.52. The Morgan fingerprint density at radius 1 is 0.865 bits per heavy atom. The van der Waals surface area contributed by atoms with Gasteiger partial charge in [-0.05, 0) is 74.2 Å². The van der Waals surface area contributed by atoms with E-state index < -0.39 is 0 Å². The average molecular weight is 499 g/mol. The normalized spacial score (nSPS) is 17.3. The highest BCUT2D eigenvalue weighted by Crippen LogP contribution is 2.35. The molecule has 1 aliphatic carbocycles. The SMILES string of the molecule is CN(C)c1nc(N(c2ccccc2)[C@H]2CC[C@@H](NC(=O)Nc3ccc(F)cc3)CC2)nc2ccccc12. The van der Waals surface area contributed by atoms with Gasteiger partial charge in [0.25, 0.3) is 0 Å². The number of aromatic nitrogens is 2. The second-order valence-electron chi connectivity index (χ2n) is 9.58. The molecule has 0 aliphatic heterocycles. The van der Waals surface area contributed by atoms with Crippen LogP contribution in [0.2, 0.25) is 0 Å². The number of carbonyl (C=O) groups is 1. The molecule has 1 heterocycles. The molecular formula is C29H31FN6O. The van der Waals surface area contributed by atoms with Crippen LogP contribution in [0.1, 0.15) is 25.7 Å². The van der Waals surface area contributed by atoms with Crippen molar-refractivity contribution in [1.82, 2.24) is 15.3 Å². The molecule has 1 aliphatic rings. The van der Waals surface area contributed by atoms with Gasteiger partial charge in [-0.2, -0.15) is 4.98 Å². The molecule has 2 amide bonds. The third-order valence-electron chi connectivity index (χ3n) is 6.74. The van der Waals surface area contributed by atoms with Crippen molar-refractivity contribution in [3.05, 3.63) is 84.7 Å². The lowest BCUT2D eigenvalue weighted by Crippen LogP contribution is -2.44. The Labute approximate surface area is 216 Å². The molecule has 190 valence electrons. The van der Waals surface area contributed by atoms with Crippen molar-refractivity contribution in [2.45, 2.75) is 37.8 Å². The van der Waals surface area contributed by atoms with Crippen LogP contribution in [0.5, 0.6) is 0 Å². The fourth-order valence-electron chi connectivity index (χ4n) is 4.94. The van der Waals surface area contributed by atoms with E-state index in [0.717, 1.165) is 48.1 Å². The smallest absolute Gasteiger partial charge is 0.319 e. The van der Waals surface area contributed by atoms with Crippen molar-refractivity contribution in [2.24, 2.45) is 0 Å². The summed E-state index contributed by atoms with van der Waals surface area (Å²) in [6.45, 7) is 0. The Hall–Kier alpha value is -4.20. The first kappa shape index (κ1) is 24.5. The Bertz CT molecular complexity index is 1350. The molecule has 0 bridgehead atoms. The van der Waals surface area contributed by atoms with Gasteiger partial charge in [0.05, 0.1) is 5.52 Å². The summed E-state index contributed by atoms with van der Waals surface area (Å²) in [6.07, 6.45) is 3.42. The van der Waals surface area contributed by atoms with Crippen LogP contribution in [0.3, 0.4) is 0 Å². The van der Waals surface area contributed by atoms with E-state index >= 15 is 0 Å². The zero-order valence-corrected chi connectivity index (χ0v) is 21.1. The van der Waals surface area contributed by atoms with E-state index in [2.05, 4.69) is 33.7 Å². The van der Waals surface area contributed by atoms with Crippen LogP contribution in [0.15, 0.2) is 78.9 Å². The number of nitrogens with zero attached hydrogens (tertiary/aromatic N) is 4. The van der Waals surface area contributed by atoms with Gasteiger partial charge >= 0.3 is 6.03 Å². The van der Waals surface area contributed by atoms with Crippen molar-refractivity contribution in [2.75, 3.05) is 29.2 Å². The average Bonchev–Trinajstić information content (AvgIpc) is 2.91.